The standard InChI is InChI=1S/C32H23ClN2O4/c1-18-17-26-32(21-11-4-6-13-23(21)34-31(32)38)27(30(37)25-15-8-16-39-25)28(29(36)20-10-2-5-12-22(20)33)35(26)24-14-7-3-9-19(18)24/h2-17,26-28H,1H3,(H,34,38)/t26-,27+,28+,32-/m1/s1. The maximum Gasteiger partial charge on any atom is 0.238 e. The molecule has 4 heterocycles. The summed E-state index contributed by atoms with van der Waals surface area (Å²) in [7, 11) is 0. The van der Waals surface area contributed by atoms with Crippen LogP contribution in [0.4, 0.5) is 11.4 Å². The van der Waals surface area contributed by atoms with Crippen LogP contribution in [0.1, 0.15) is 39.0 Å². The van der Waals surface area contributed by atoms with Crippen molar-refractivity contribution in [3.8, 4) is 0 Å². The van der Waals surface area contributed by atoms with E-state index in [1.807, 2.05) is 66.4 Å². The van der Waals surface area contributed by atoms with Crippen molar-refractivity contribution in [3.05, 3.63) is 125 Å². The average Bonchev–Trinajstić information content (AvgIpc) is 3.66. The second-order valence-corrected chi connectivity index (χ2v) is 10.6. The summed E-state index contributed by atoms with van der Waals surface area (Å²) in [5, 5.41) is 3.32. The summed E-state index contributed by atoms with van der Waals surface area (Å²) < 4.78 is 5.58. The zero-order valence-corrected chi connectivity index (χ0v) is 21.7. The second-order valence-electron chi connectivity index (χ2n) is 10.2. The number of fused-ring (bicyclic) bond motifs is 6. The molecule has 1 N–H and O–H groups in total. The molecule has 3 aromatic carbocycles. The number of halogens is 1. The number of hydrogen-bond donors (Lipinski definition) is 1. The molecule has 1 amide bonds. The molecule has 7 rings (SSSR count). The first-order chi connectivity index (χ1) is 18.9. The highest BCUT2D eigenvalue weighted by Crippen LogP contribution is 2.59. The normalized spacial score (nSPS) is 24.6. The maximum atomic E-state index is 14.6. The number of ketones is 2. The lowest BCUT2D eigenvalue weighted by atomic mass is 9.64. The maximum absolute atomic E-state index is 14.6. The van der Waals surface area contributed by atoms with Crippen molar-refractivity contribution in [1.82, 2.24) is 0 Å². The zero-order valence-electron chi connectivity index (χ0n) is 20.9. The number of para-hydroxylation sites is 2. The first kappa shape index (κ1) is 23.7. The molecule has 1 saturated heterocycles. The van der Waals surface area contributed by atoms with Crippen LogP contribution in [0.2, 0.25) is 5.02 Å². The van der Waals surface area contributed by atoms with Gasteiger partial charge in [0.1, 0.15) is 11.5 Å². The van der Waals surface area contributed by atoms with Crippen LogP contribution >= 0.6 is 11.6 Å². The third-order valence-corrected chi connectivity index (χ3v) is 8.67. The molecule has 192 valence electrons. The highest BCUT2D eigenvalue weighted by Gasteiger charge is 2.70. The summed E-state index contributed by atoms with van der Waals surface area (Å²) in [6, 6.07) is 23.6. The number of furan rings is 1. The highest BCUT2D eigenvalue weighted by atomic mass is 35.5. The van der Waals surface area contributed by atoms with Gasteiger partial charge in [-0.25, -0.2) is 0 Å². The SMILES string of the molecule is CC1=C[C@H]2N(c3ccccc31)[C@H](C(=O)c1ccccc1Cl)[C@@H](C(=O)c1ccco1)[C@]21C(=O)Nc2ccccc21. The molecule has 0 saturated carbocycles. The molecule has 39 heavy (non-hydrogen) atoms. The molecule has 4 atom stereocenters. The van der Waals surface area contributed by atoms with Crippen molar-refractivity contribution in [1.29, 1.82) is 0 Å². The van der Waals surface area contributed by atoms with Gasteiger partial charge in [0.2, 0.25) is 11.7 Å². The van der Waals surface area contributed by atoms with Gasteiger partial charge in [0.15, 0.2) is 11.5 Å². The smallest absolute Gasteiger partial charge is 0.238 e. The lowest BCUT2D eigenvalue weighted by Gasteiger charge is -2.39. The Morgan fingerprint density at radius 2 is 1.67 bits per heavy atom. The topological polar surface area (TPSA) is 79.6 Å². The van der Waals surface area contributed by atoms with Gasteiger partial charge in [-0.2, -0.15) is 0 Å². The predicted octanol–water partition coefficient (Wildman–Crippen LogP) is 6.18. The molecular formula is C32H23ClN2O4. The number of benzene rings is 3. The Balaban J connectivity index is 1.57. The fourth-order valence-electron chi connectivity index (χ4n) is 6.78. The molecule has 0 bridgehead atoms. The van der Waals surface area contributed by atoms with E-state index in [-0.39, 0.29) is 22.5 Å². The summed E-state index contributed by atoms with van der Waals surface area (Å²) in [5.74, 6) is -2.05. The van der Waals surface area contributed by atoms with Gasteiger partial charge in [-0.1, -0.05) is 66.2 Å². The predicted molar refractivity (Wildman–Crippen MR) is 149 cm³/mol. The molecule has 3 aliphatic heterocycles. The third kappa shape index (κ3) is 3.12. The minimum Gasteiger partial charge on any atom is -0.461 e. The number of nitrogens with one attached hydrogen (secondary N) is 1. The van der Waals surface area contributed by atoms with E-state index < -0.39 is 29.2 Å². The molecule has 0 aliphatic carbocycles. The molecule has 7 heteroatoms. The molecule has 3 aliphatic rings. The third-order valence-electron chi connectivity index (χ3n) is 8.34. The lowest BCUT2D eigenvalue weighted by Crippen LogP contribution is -2.51. The minimum absolute atomic E-state index is 0.0994. The number of carbonyl (C=O) groups is 3. The van der Waals surface area contributed by atoms with Crippen LogP contribution in [0.3, 0.4) is 0 Å². The van der Waals surface area contributed by atoms with Gasteiger partial charge in [-0.15, -0.1) is 0 Å². The van der Waals surface area contributed by atoms with Gasteiger partial charge in [0.25, 0.3) is 0 Å². The number of rotatable bonds is 4. The van der Waals surface area contributed by atoms with E-state index in [1.54, 1.807) is 36.4 Å². The highest BCUT2D eigenvalue weighted by molar-refractivity contribution is 6.34. The van der Waals surface area contributed by atoms with E-state index >= 15 is 0 Å². The molecule has 0 unspecified atom stereocenters. The number of amides is 1. The zero-order chi connectivity index (χ0) is 26.9. The largest absolute Gasteiger partial charge is 0.461 e. The first-order valence-corrected chi connectivity index (χ1v) is 13.2. The molecule has 6 nitrogen and oxygen atoms in total. The summed E-state index contributed by atoms with van der Waals surface area (Å²) in [4.78, 5) is 45.3. The lowest BCUT2D eigenvalue weighted by molar-refractivity contribution is -0.121. The summed E-state index contributed by atoms with van der Waals surface area (Å²) in [6.07, 6.45) is 3.45. The van der Waals surface area contributed by atoms with Crippen LogP contribution in [0.25, 0.3) is 5.57 Å². The number of hydrogen-bond acceptors (Lipinski definition) is 5. The van der Waals surface area contributed by atoms with Crippen molar-refractivity contribution in [2.75, 3.05) is 10.2 Å². The number of allylic oxidation sites excluding steroid dienone is 1. The Kier molecular flexibility index (Phi) is 5.19. The number of anilines is 2. The first-order valence-electron chi connectivity index (χ1n) is 12.8. The van der Waals surface area contributed by atoms with Crippen LogP contribution in [0.15, 0.2) is 102 Å². The van der Waals surface area contributed by atoms with Crippen LogP contribution in [-0.4, -0.2) is 29.6 Å². The van der Waals surface area contributed by atoms with E-state index in [2.05, 4.69) is 5.32 Å². The fourth-order valence-corrected chi connectivity index (χ4v) is 7.01. The molecule has 1 spiro atoms. The number of Topliss-reactive ketones (excluding diaryl/α,β-unsaturated/α-hetero) is 2. The Bertz CT molecular complexity index is 1710. The Labute approximate surface area is 229 Å². The van der Waals surface area contributed by atoms with Crippen LogP contribution in [0.5, 0.6) is 0 Å². The van der Waals surface area contributed by atoms with E-state index in [9.17, 15) is 14.4 Å². The van der Waals surface area contributed by atoms with Crippen molar-refractivity contribution in [2.24, 2.45) is 5.92 Å². The van der Waals surface area contributed by atoms with Crippen molar-refractivity contribution in [3.63, 3.8) is 0 Å². The summed E-state index contributed by atoms with van der Waals surface area (Å²) >= 11 is 6.55. The van der Waals surface area contributed by atoms with Crippen LogP contribution in [-0.2, 0) is 10.2 Å². The molecule has 1 fully saturated rings. The van der Waals surface area contributed by atoms with Crippen LogP contribution < -0.4 is 10.2 Å². The minimum atomic E-state index is -1.39. The van der Waals surface area contributed by atoms with Gasteiger partial charge in [-0.05, 0) is 54.5 Å². The molecule has 0 radical (unpaired) electrons. The fraction of sp³-hybridized carbons (Fsp3) is 0.156. The van der Waals surface area contributed by atoms with Gasteiger partial charge >= 0.3 is 0 Å². The van der Waals surface area contributed by atoms with Gasteiger partial charge in [0.05, 0.1) is 23.2 Å². The second kappa shape index (κ2) is 8.55. The van der Waals surface area contributed by atoms with Gasteiger partial charge in [0, 0.05) is 22.5 Å². The summed E-state index contributed by atoms with van der Waals surface area (Å²) in [6.45, 7) is 2.00. The van der Waals surface area contributed by atoms with Crippen molar-refractivity contribution >= 4 is 46.0 Å². The Hall–Kier alpha value is -4.42. The Morgan fingerprint density at radius 1 is 0.923 bits per heavy atom. The van der Waals surface area contributed by atoms with Crippen molar-refractivity contribution < 1.29 is 18.8 Å². The molecular weight excluding hydrogens is 512 g/mol. The monoisotopic (exact) mass is 534 g/mol. The molecule has 1 aromatic heterocycles. The summed E-state index contributed by atoms with van der Waals surface area (Å²) in [5.41, 5.74) is 2.93. The number of nitrogens with zero attached hydrogens (tertiary/aromatic N) is 1. The Morgan fingerprint density at radius 3 is 2.46 bits per heavy atom. The van der Waals surface area contributed by atoms with E-state index in [1.165, 1.54) is 6.26 Å². The van der Waals surface area contributed by atoms with E-state index in [0.29, 0.717) is 16.8 Å². The molecule has 4 aromatic rings. The van der Waals surface area contributed by atoms with E-state index in [0.717, 1.165) is 16.8 Å². The van der Waals surface area contributed by atoms with Crippen LogP contribution in [0, 0.1) is 5.92 Å². The van der Waals surface area contributed by atoms with E-state index in [4.69, 9.17) is 16.0 Å². The average molecular weight is 535 g/mol. The van der Waals surface area contributed by atoms with Gasteiger partial charge < -0.3 is 14.6 Å². The number of carbonyl (C=O) groups excluding carboxylic acids is 3. The quantitative estimate of drug-likeness (QED) is 0.316. The van der Waals surface area contributed by atoms with Gasteiger partial charge in [-0.3, -0.25) is 14.4 Å². The van der Waals surface area contributed by atoms with Crippen molar-refractivity contribution in [2.45, 2.75) is 24.4 Å².